The Morgan fingerprint density at radius 3 is 2.75 bits per heavy atom. The fourth-order valence-electron chi connectivity index (χ4n) is 2.53. The lowest BCUT2D eigenvalue weighted by atomic mass is 9.94. The Labute approximate surface area is 99.6 Å². The molecule has 1 rings (SSSR count). The molecule has 1 heterocycles. The van der Waals surface area contributed by atoms with Crippen molar-refractivity contribution < 1.29 is 4.39 Å². The van der Waals surface area contributed by atoms with E-state index < -0.39 is 0 Å². The molecule has 3 heteroatoms. The third kappa shape index (κ3) is 3.70. The van der Waals surface area contributed by atoms with Gasteiger partial charge in [0.1, 0.15) is 0 Å². The standard InChI is InChI=1S/C13H27FN2/c1-4-11(3)13-9-15-12(5-2)10-16(13)8-6-7-14/h11-13,15H,4-10H2,1-3H3. The molecule has 1 aliphatic heterocycles. The molecule has 0 spiro atoms. The number of nitrogens with one attached hydrogen (secondary N) is 1. The third-order valence-electron chi connectivity index (χ3n) is 3.91. The number of hydrogen-bond acceptors (Lipinski definition) is 2. The molecule has 16 heavy (non-hydrogen) atoms. The van der Waals surface area contributed by atoms with E-state index in [1.165, 1.54) is 12.8 Å². The Bertz CT molecular complexity index is 187. The molecular weight excluding hydrogens is 203 g/mol. The Hall–Kier alpha value is -0.150. The highest BCUT2D eigenvalue weighted by Crippen LogP contribution is 2.19. The van der Waals surface area contributed by atoms with Gasteiger partial charge < -0.3 is 5.32 Å². The number of hydrogen-bond donors (Lipinski definition) is 1. The van der Waals surface area contributed by atoms with Crippen LogP contribution >= 0.6 is 0 Å². The maximum Gasteiger partial charge on any atom is 0.0906 e. The number of nitrogens with zero attached hydrogens (tertiary/aromatic N) is 1. The van der Waals surface area contributed by atoms with Crippen LogP contribution in [0.4, 0.5) is 4.39 Å². The van der Waals surface area contributed by atoms with E-state index in [2.05, 4.69) is 31.0 Å². The summed E-state index contributed by atoms with van der Waals surface area (Å²) in [6.07, 6.45) is 3.05. The Morgan fingerprint density at radius 1 is 1.44 bits per heavy atom. The van der Waals surface area contributed by atoms with Crippen molar-refractivity contribution in [1.82, 2.24) is 10.2 Å². The highest BCUT2D eigenvalue weighted by Gasteiger charge is 2.29. The molecule has 0 bridgehead atoms. The largest absolute Gasteiger partial charge is 0.311 e. The van der Waals surface area contributed by atoms with Crippen LogP contribution in [-0.4, -0.2) is 43.3 Å². The summed E-state index contributed by atoms with van der Waals surface area (Å²) in [5.41, 5.74) is 0. The van der Waals surface area contributed by atoms with Crippen molar-refractivity contribution in [2.45, 2.75) is 52.1 Å². The fraction of sp³-hybridized carbons (Fsp3) is 1.00. The summed E-state index contributed by atoms with van der Waals surface area (Å²) in [6.45, 7) is 9.66. The first-order chi connectivity index (χ1) is 7.72. The van der Waals surface area contributed by atoms with Crippen molar-refractivity contribution >= 4 is 0 Å². The predicted molar refractivity (Wildman–Crippen MR) is 67.5 cm³/mol. The minimum Gasteiger partial charge on any atom is -0.311 e. The summed E-state index contributed by atoms with van der Waals surface area (Å²) in [6, 6.07) is 1.19. The van der Waals surface area contributed by atoms with Crippen molar-refractivity contribution in [3.05, 3.63) is 0 Å². The van der Waals surface area contributed by atoms with E-state index in [1.54, 1.807) is 0 Å². The molecule has 1 aliphatic rings. The van der Waals surface area contributed by atoms with E-state index in [-0.39, 0.29) is 6.67 Å². The molecule has 0 aromatic heterocycles. The smallest absolute Gasteiger partial charge is 0.0906 e. The zero-order chi connectivity index (χ0) is 12.0. The van der Waals surface area contributed by atoms with Crippen molar-refractivity contribution in [3.8, 4) is 0 Å². The molecular formula is C13H27FN2. The number of rotatable bonds is 6. The van der Waals surface area contributed by atoms with Crippen LogP contribution in [0.3, 0.4) is 0 Å². The zero-order valence-corrected chi connectivity index (χ0v) is 11.0. The summed E-state index contributed by atoms with van der Waals surface area (Å²) in [7, 11) is 0. The van der Waals surface area contributed by atoms with Crippen molar-refractivity contribution in [1.29, 1.82) is 0 Å². The summed E-state index contributed by atoms with van der Waals surface area (Å²) < 4.78 is 12.3. The monoisotopic (exact) mass is 230 g/mol. The van der Waals surface area contributed by atoms with Crippen LogP contribution in [0, 0.1) is 5.92 Å². The number of halogens is 1. The average Bonchev–Trinajstić information content (AvgIpc) is 2.34. The third-order valence-corrected chi connectivity index (χ3v) is 3.91. The van der Waals surface area contributed by atoms with Gasteiger partial charge in [-0.25, -0.2) is 0 Å². The van der Waals surface area contributed by atoms with Crippen molar-refractivity contribution in [2.75, 3.05) is 26.3 Å². The van der Waals surface area contributed by atoms with Crippen LogP contribution in [0.15, 0.2) is 0 Å². The highest BCUT2D eigenvalue weighted by atomic mass is 19.1. The average molecular weight is 230 g/mol. The Morgan fingerprint density at radius 2 is 2.19 bits per heavy atom. The molecule has 3 unspecified atom stereocenters. The first kappa shape index (κ1) is 13.9. The van der Waals surface area contributed by atoms with Gasteiger partial charge in [-0.3, -0.25) is 9.29 Å². The molecule has 0 aromatic carbocycles. The molecule has 2 nitrogen and oxygen atoms in total. The normalized spacial score (nSPS) is 29.2. The van der Waals surface area contributed by atoms with Gasteiger partial charge in [0.05, 0.1) is 6.67 Å². The SMILES string of the molecule is CCC1CN(CCCF)C(C(C)CC)CN1. The Kier molecular flexibility index (Phi) is 6.29. The van der Waals surface area contributed by atoms with E-state index in [0.717, 1.165) is 19.6 Å². The summed E-state index contributed by atoms with van der Waals surface area (Å²) >= 11 is 0. The van der Waals surface area contributed by atoms with E-state index >= 15 is 0 Å². The Balaban J connectivity index is 2.52. The van der Waals surface area contributed by atoms with Gasteiger partial charge in [0, 0.05) is 31.7 Å². The quantitative estimate of drug-likeness (QED) is 0.754. The molecule has 1 N–H and O–H groups in total. The first-order valence-electron chi connectivity index (χ1n) is 6.76. The highest BCUT2D eigenvalue weighted by molar-refractivity contribution is 4.87. The van der Waals surface area contributed by atoms with Crippen LogP contribution in [0.1, 0.15) is 40.0 Å². The van der Waals surface area contributed by atoms with E-state index in [1.807, 2.05) is 0 Å². The molecule has 1 fully saturated rings. The fourth-order valence-corrected chi connectivity index (χ4v) is 2.53. The van der Waals surface area contributed by atoms with Crippen LogP contribution < -0.4 is 5.32 Å². The maximum absolute atomic E-state index is 12.3. The number of piperazine rings is 1. The minimum atomic E-state index is -0.187. The summed E-state index contributed by atoms with van der Waals surface area (Å²) in [4.78, 5) is 2.50. The zero-order valence-electron chi connectivity index (χ0n) is 11.0. The van der Waals surface area contributed by atoms with Gasteiger partial charge >= 0.3 is 0 Å². The van der Waals surface area contributed by atoms with Gasteiger partial charge in [-0.15, -0.1) is 0 Å². The summed E-state index contributed by atoms with van der Waals surface area (Å²) in [5.74, 6) is 0.699. The molecule has 0 saturated carbocycles. The van der Waals surface area contributed by atoms with Crippen LogP contribution in [-0.2, 0) is 0 Å². The van der Waals surface area contributed by atoms with Gasteiger partial charge in [0.25, 0.3) is 0 Å². The molecule has 1 saturated heterocycles. The minimum absolute atomic E-state index is 0.187. The second kappa shape index (κ2) is 7.23. The van der Waals surface area contributed by atoms with Crippen LogP contribution in [0.25, 0.3) is 0 Å². The van der Waals surface area contributed by atoms with Crippen molar-refractivity contribution in [3.63, 3.8) is 0 Å². The predicted octanol–water partition coefficient (Wildman–Crippen LogP) is 2.44. The topological polar surface area (TPSA) is 15.3 Å². The lowest BCUT2D eigenvalue weighted by Crippen LogP contribution is -2.58. The first-order valence-corrected chi connectivity index (χ1v) is 6.76. The van der Waals surface area contributed by atoms with Gasteiger partial charge in [-0.1, -0.05) is 27.2 Å². The second-order valence-electron chi connectivity index (χ2n) is 5.00. The molecule has 3 atom stereocenters. The lowest BCUT2D eigenvalue weighted by molar-refractivity contribution is 0.0871. The summed E-state index contributed by atoms with van der Waals surface area (Å²) in [5, 5.41) is 3.61. The molecule has 0 aromatic rings. The van der Waals surface area contributed by atoms with E-state index in [9.17, 15) is 4.39 Å². The van der Waals surface area contributed by atoms with Gasteiger partial charge in [-0.05, 0) is 18.8 Å². The number of alkyl halides is 1. The molecule has 0 amide bonds. The second-order valence-corrected chi connectivity index (χ2v) is 5.00. The van der Waals surface area contributed by atoms with E-state index in [0.29, 0.717) is 24.4 Å². The molecule has 96 valence electrons. The van der Waals surface area contributed by atoms with Crippen LogP contribution in [0.2, 0.25) is 0 Å². The van der Waals surface area contributed by atoms with Gasteiger partial charge in [0.15, 0.2) is 0 Å². The van der Waals surface area contributed by atoms with Crippen molar-refractivity contribution in [2.24, 2.45) is 5.92 Å². The maximum atomic E-state index is 12.3. The van der Waals surface area contributed by atoms with E-state index in [4.69, 9.17) is 0 Å². The molecule has 0 aliphatic carbocycles. The lowest BCUT2D eigenvalue weighted by Gasteiger charge is -2.43. The molecule has 0 radical (unpaired) electrons. The van der Waals surface area contributed by atoms with Gasteiger partial charge in [-0.2, -0.15) is 0 Å². The van der Waals surface area contributed by atoms with Crippen LogP contribution in [0.5, 0.6) is 0 Å². The van der Waals surface area contributed by atoms with Gasteiger partial charge in [0.2, 0.25) is 0 Å².